The van der Waals surface area contributed by atoms with Crippen LogP contribution in [-0.2, 0) is 13.2 Å². The quantitative estimate of drug-likeness (QED) is 0.880. The van der Waals surface area contributed by atoms with Crippen LogP contribution in [0.1, 0.15) is 22.9 Å². The van der Waals surface area contributed by atoms with E-state index in [-0.39, 0.29) is 0 Å². The summed E-state index contributed by atoms with van der Waals surface area (Å²) >= 11 is 0. The molecule has 1 heterocycles. The molecule has 0 saturated heterocycles. The monoisotopic (exact) mass is 287 g/mol. The Morgan fingerprint density at radius 3 is 2.50 bits per heavy atom. The summed E-state index contributed by atoms with van der Waals surface area (Å²) in [6.07, 6.45) is -1.48. The van der Waals surface area contributed by atoms with Crippen molar-refractivity contribution in [3.63, 3.8) is 0 Å². The lowest BCUT2D eigenvalue weighted by atomic mass is 10.0. The normalized spacial score (nSPS) is 13.5. The summed E-state index contributed by atoms with van der Waals surface area (Å²) in [5.41, 5.74) is -0.402. The number of nitrogens with zero attached hydrogens (tertiary/aromatic N) is 2. The average Bonchev–Trinajstić information content (AvgIpc) is 2.77. The van der Waals surface area contributed by atoms with Gasteiger partial charge in [0.15, 0.2) is 0 Å². The Hall–Kier alpha value is -1.89. The first-order chi connectivity index (χ1) is 9.32. The first-order valence-electron chi connectivity index (χ1n) is 5.84. The summed E-state index contributed by atoms with van der Waals surface area (Å²) < 4.78 is 53.1. The molecule has 1 aromatic heterocycles. The molecule has 0 spiro atoms. The zero-order chi connectivity index (χ0) is 14.9. The molecule has 0 radical (unpaired) electrons. The fraction of sp³-hybridized carbons (Fsp3) is 0.308. The predicted molar refractivity (Wildman–Crippen MR) is 65.5 cm³/mol. The summed E-state index contributed by atoms with van der Waals surface area (Å²) in [6.45, 7) is 0. The number of rotatable bonds is 3. The van der Waals surface area contributed by atoms with Gasteiger partial charge >= 0.3 is 6.18 Å². The van der Waals surface area contributed by atoms with E-state index >= 15 is 0 Å². The fourth-order valence-corrected chi connectivity index (χ4v) is 2.01. The molecule has 3 nitrogen and oxygen atoms in total. The van der Waals surface area contributed by atoms with Crippen LogP contribution < -0.4 is 5.32 Å². The molecule has 108 valence electrons. The summed E-state index contributed by atoms with van der Waals surface area (Å²) in [5, 5.41) is 2.88. The Kier molecular flexibility index (Phi) is 3.80. The van der Waals surface area contributed by atoms with Gasteiger partial charge < -0.3 is 9.88 Å². The smallest absolute Gasteiger partial charge is 0.340 e. The number of imidazole rings is 1. The molecule has 0 amide bonds. The third-order valence-corrected chi connectivity index (χ3v) is 2.94. The number of halogens is 4. The van der Waals surface area contributed by atoms with Crippen LogP contribution >= 0.6 is 0 Å². The Bertz CT molecular complexity index is 604. The molecule has 0 aliphatic heterocycles. The van der Waals surface area contributed by atoms with Gasteiger partial charge in [0.2, 0.25) is 0 Å². The van der Waals surface area contributed by atoms with Gasteiger partial charge in [-0.25, -0.2) is 9.37 Å². The first kappa shape index (κ1) is 14.5. The van der Waals surface area contributed by atoms with E-state index in [4.69, 9.17) is 0 Å². The molecule has 2 aromatic rings. The van der Waals surface area contributed by atoms with E-state index in [2.05, 4.69) is 10.3 Å². The SMILES string of the molecule is CNC(c1ccc(F)c(C(F)(F)F)c1)c1cn(C)cn1. The Morgan fingerprint density at radius 2 is 2.00 bits per heavy atom. The van der Waals surface area contributed by atoms with Gasteiger partial charge in [0.25, 0.3) is 0 Å². The molecule has 1 N–H and O–H groups in total. The third-order valence-electron chi connectivity index (χ3n) is 2.94. The van der Waals surface area contributed by atoms with Crippen LogP contribution in [0.25, 0.3) is 0 Å². The lowest BCUT2D eigenvalue weighted by Crippen LogP contribution is -2.19. The van der Waals surface area contributed by atoms with Crippen molar-refractivity contribution in [2.45, 2.75) is 12.2 Å². The van der Waals surface area contributed by atoms with Gasteiger partial charge in [-0.2, -0.15) is 13.2 Å². The molecule has 0 aliphatic rings. The second kappa shape index (κ2) is 5.24. The maximum absolute atomic E-state index is 13.3. The van der Waals surface area contributed by atoms with Crippen LogP contribution in [0.15, 0.2) is 30.7 Å². The molecule has 1 unspecified atom stereocenters. The van der Waals surface area contributed by atoms with Crippen molar-refractivity contribution in [1.82, 2.24) is 14.9 Å². The van der Waals surface area contributed by atoms with E-state index in [0.29, 0.717) is 11.3 Å². The van der Waals surface area contributed by atoms with E-state index in [1.807, 2.05) is 0 Å². The highest BCUT2D eigenvalue weighted by molar-refractivity contribution is 5.33. The zero-order valence-electron chi connectivity index (χ0n) is 10.9. The second-order valence-corrected chi connectivity index (χ2v) is 4.42. The molecule has 0 bridgehead atoms. The molecule has 20 heavy (non-hydrogen) atoms. The van der Waals surface area contributed by atoms with Gasteiger partial charge in [-0.1, -0.05) is 6.07 Å². The van der Waals surface area contributed by atoms with Gasteiger partial charge in [0, 0.05) is 13.2 Å². The van der Waals surface area contributed by atoms with Crippen molar-refractivity contribution < 1.29 is 17.6 Å². The summed E-state index contributed by atoms with van der Waals surface area (Å²) in [5.74, 6) is -1.28. The van der Waals surface area contributed by atoms with E-state index in [1.165, 1.54) is 6.07 Å². The van der Waals surface area contributed by atoms with E-state index in [9.17, 15) is 17.6 Å². The van der Waals surface area contributed by atoms with Crippen LogP contribution in [0.3, 0.4) is 0 Å². The maximum atomic E-state index is 13.3. The van der Waals surface area contributed by atoms with Gasteiger partial charge in [-0.3, -0.25) is 0 Å². The van der Waals surface area contributed by atoms with E-state index in [0.717, 1.165) is 12.1 Å². The Balaban J connectivity index is 2.46. The number of nitrogens with one attached hydrogen (secondary N) is 1. The standard InChI is InChI=1S/C13H13F4N3/c1-18-12(11-6-20(2)7-19-11)8-3-4-10(14)9(5-8)13(15,16)17/h3-7,12,18H,1-2H3. The Labute approximate surface area is 113 Å². The first-order valence-corrected chi connectivity index (χ1v) is 5.84. The molecule has 0 aliphatic carbocycles. The van der Waals surface area contributed by atoms with Crippen LogP contribution in [0, 0.1) is 5.82 Å². The number of aryl methyl sites for hydroxylation is 1. The van der Waals surface area contributed by atoms with Crippen molar-refractivity contribution >= 4 is 0 Å². The van der Waals surface area contributed by atoms with Gasteiger partial charge in [-0.15, -0.1) is 0 Å². The lowest BCUT2D eigenvalue weighted by molar-refractivity contribution is -0.140. The molecule has 1 aromatic carbocycles. The molecule has 0 fully saturated rings. The topological polar surface area (TPSA) is 29.9 Å². The highest BCUT2D eigenvalue weighted by Crippen LogP contribution is 2.33. The minimum Gasteiger partial charge on any atom is -0.340 e. The number of alkyl halides is 3. The summed E-state index contributed by atoms with van der Waals surface area (Å²) in [4.78, 5) is 4.10. The molecular weight excluding hydrogens is 274 g/mol. The van der Waals surface area contributed by atoms with Gasteiger partial charge in [0.05, 0.1) is 23.6 Å². The van der Waals surface area contributed by atoms with Gasteiger partial charge in [0.1, 0.15) is 5.82 Å². The second-order valence-electron chi connectivity index (χ2n) is 4.42. The fourth-order valence-electron chi connectivity index (χ4n) is 2.01. The number of benzene rings is 1. The van der Waals surface area contributed by atoms with Crippen molar-refractivity contribution in [2.75, 3.05) is 7.05 Å². The van der Waals surface area contributed by atoms with Crippen molar-refractivity contribution in [3.05, 3.63) is 53.4 Å². The number of aromatic nitrogens is 2. The lowest BCUT2D eigenvalue weighted by Gasteiger charge is -2.17. The van der Waals surface area contributed by atoms with Crippen molar-refractivity contribution in [1.29, 1.82) is 0 Å². The van der Waals surface area contributed by atoms with E-state index in [1.54, 1.807) is 31.2 Å². The zero-order valence-corrected chi connectivity index (χ0v) is 10.9. The summed E-state index contributed by atoms with van der Waals surface area (Å²) in [6, 6.07) is 2.43. The number of hydrogen-bond donors (Lipinski definition) is 1. The van der Waals surface area contributed by atoms with Crippen molar-refractivity contribution in [3.8, 4) is 0 Å². The van der Waals surface area contributed by atoms with Crippen LogP contribution in [0.2, 0.25) is 0 Å². The average molecular weight is 287 g/mol. The minimum absolute atomic E-state index is 0.305. The molecule has 1 atom stereocenters. The van der Waals surface area contributed by atoms with Crippen LogP contribution in [0.5, 0.6) is 0 Å². The van der Waals surface area contributed by atoms with Crippen LogP contribution in [-0.4, -0.2) is 16.6 Å². The summed E-state index contributed by atoms with van der Waals surface area (Å²) in [7, 11) is 3.37. The van der Waals surface area contributed by atoms with Crippen molar-refractivity contribution in [2.24, 2.45) is 7.05 Å². The molecule has 0 saturated carbocycles. The maximum Gasteiger partial charge on any atom is 0.419 e. The Morgan fingerprint density at radius 1 is 1.30 bits per heavy atom. The van der Waals surface area contributed by atoms with Crippen LogP contribution in [0.4, 0.5) is 17.6 Å². The minimum atomic E-state index is -4.72. The molecule has 2 rings (SSSR count). The van der Waals surface area contributed by atoms with E-state index < -0.39 is 23.6 Å². The predicted octanol–water partition coefficient (Wildman–Crippen LogP) is 2.89. The molecule has 7 heteroatoms. The highest BCUT2D eigenvalue weighted by atomic mass is 19.4. The van der Waals surface area contributed by atoms with Gasteiger partial charge in [-0.05, 0) is 24.7 Å². The number of hydrogen-bond acceptors (Lipinski definition) is 2. The highest BCUT2D eigenvalue weighted by Gasteiger charge is 2.34. The largest absolute Gasteiger partial charge is 0.419 e. The molecular formula is C13H13F4N3. The third kappa shape index (κ3) is 2.82.